The van der Waals surface area contributed by atoms with Crippen molar-refractivity contribution in [3.05, 3.63) is 80.7 Å². The number of aromatic amines is 1. The number of rotatable bonds is 5. The molecule has 0 bridgehead atoms. The topological polar surface area (TPSA) is 98.3 Å². The molecule has 2 aromatic heterocycles. The first kappa shape index (κ1) is 22.4. The zero-order valence-electron chi connectivity index (χ0n) is 18.6. The van der Waals surface area contributed by atoms with Gasteiger partial charge in [0.1, 0.15) is 10.6 Å². The fourth-order valence-electron chi connectivity index (χ4n) is 3.43. The molecule has 4 rings (SSSR count). The quantitative estimate of drug-likeness (QED) is 0.327. The van der Waals surface area contributed by atoms with Crippen molar-refractivity contribution in [2.45, 2.75) is 33.8 Å². The lowest BCUT2D eigenvalue weighted by atomic mass is 10.0. The first-order valence-electron chi connectivity index (χ1n) is 10.3. The summed E-state index contributed by atoms with van der Waals surface area (Å²) < 4.78 is 10.6. The van der Waals surface area contributed by atoms with Gasteiger partial charge in [-0.25, -0.2) is 9.78 Å². The third kappa shape index (κ3) is 4.70. The minimum absolute atomic E-state index is 0.233. The predicted molar refractivity (Wildman–Crippen MR) is 127 cm³/mol. The standard InChI is InChI=1S/C25H22N2O5S/c1-13-15(3)33-24-21(13)23(29)26-22(27-24)14(2)31-25(30)19-7-5-17(6-8-19)18-9-11-20(12-10-18)32-16(4)28/h5-12,14H,1-4H3,(H,26,27,29). The Bertz CT molecular complexity index is 1400. The van der Waals surface area contributed by atoms with Gasteiger partial charge in [-0.1, -0.05) is 24.3 Å². The van der Waals surface area contributed by atoms with Crippen molar-refractivity contribution in [1.29, 1.82) is 0 Å². The van der Waals surface area contributed by atoms with Gasteiger partial charge in [-0.3, -0.25) is 9.59 Å². The molecule has 2 heterocycles. The molecule has 0 aliphatic rings. The molecule has 8 heteroatoms. The number of thiophene rings is 1. The molecule has 33 heavy (non-hydrogen) atoms. The average molecular weight is 463 g/mol. The molecule has 2 aromatic carbocycles. The Kier molecular flexibility index (Phi) is 6.11. The Morgan fingerprint density at radius 1 is 1.00 bits per heavy atom. The number of hydrogen-bond acceptors (Lipinski definition) is 7. The number of ether oxygens (including phenoxy) is 2. The molecule has 1 unspecified atom stereocenters. The zero-order valence-corrected chi connectivity index (χ0v) is 19.4. The highest BCUT2D eigenvalue weighted by Crippen LogP contribution is 2.27. The maximum Gasteiger partial charge on any atom is 0.338 e. The molecule has 0 saturated carbocycles. The average Bonchev–Trinajstić information content (AvgIpc) is 3.07. The van der Waals surface area contributed by atoms with Gasteiger partial charge in [0.25, 0.3) is 5.56 Å². The summed E-state index contributed by atoms with van der Waals surface area (Å²) in [7, 11) is 0. The lowest BCUT2D eigenvalue weighted by molar-refractivity contribution is -0.131. The second kappa shape index (κ2) is 8.99. The minimum Gasteiger partial charge on any atom is -0.451 e. The van der Waals surface area contributed by atoms with Crippen molar-refractivity contribution in [3.63, 3.8) is 0 Å². The number of H-pyrrole nitrogens is 1. The van der Waals surface area contributed by atoms with Crippen LogP contribution in [0.15, 0.2) is 53.3 Å². The summed E-state index contributed by atoms with van der Waals surface area (Å²) in [5.74, 6) is -0.107. The van der Waals surface area contributed by atoms with Crippen molar-refractivity contribution in [2.24, 2.45) is 0 Å². The Balaban J connectivity index is 1.48. The van der Waals surface area contributed by atoms with Gasteiger partial charge >= 0.3 is 11.9 Å². The van der Waals surface area contributed by atoms with Gasteiger partial charge in [0, 0.05) is 11.8 Å². The SMILES string of the molecule is CC(=O)Oc1ccc(-c2ccc(C(=O)OC(C)c3nc4sc(C)c(C)c4c(=O)[nH]3)cc2)cc1. The Hall–Kier alpha value is -3.78. The van der Waals surface area contributed by atoms with Crippen LogP contribution in [0.25, 0.3) is 21.3 Å². The molecular formula is C25H22N2O5S. The molecule has 0 aliphatic carbocycles. The summed E-state index contributed by atoms with van der Waals surface area (Å²) in [5, 5.41) is 0.580. The van der Waals surface area contributed by atoms with Crippen LogP contribution in [0, 0.1) is 13.8 Å². The summed E-state index contributed by atoms with van der Waals surface area (Å²) in [6, 6.07) is 14.1. The zero-order chi connectivity index (χ0) is 23.7. The molecule has 4 aromatic rings. The maximum absolute atomic E-state index is 12.6. The number of esters is 2. The number of aryl methyl sites for hydroxylation is 2. The second-order valence-corrected chi connectivity index (χ2v) is 8.86. The summed E-state index contributed by atoms with van der Waals surface area (Å²) >= 11 is 1.45. The van der Waals surface area contributed by atoms with E-state index in [0.717, 1.165) is 21.6 Å². The Labute approximate surface area is 194 Å². The highest BCUT2D eigenvalue weighted by Gasteiger charge is 2.19. The van der Waals surface area contributed by atoms with E-state index in [2.05, 4.69) is 9.97 Å². The number of fused-ring (bicyclic) bond motifs is 1. The van der Waals surface area contributed by atoms with Crippen molar-refractivity contribution >= 4 is 33.5 Å². The van der Waals surface area contributed by atoms with Crippen LogP contribution in [-0.4, -0.2) is 21.9 Å². The fraction of sp³-hybridized carbons (Fsp3) is 0.200. The summed E-state index contributed by atoms with van der Waals surface area (Å²) in [5.41, 5.74) is 2.88. The van der Waals surface area contributed by atoms with Crippen LogP contribution in [0.2, 0.25) is 0 Å². The molecule has 1 N–H and O–H groups in total. The van der Waals surface area contributed by atoms with Crippen molar-refractivity contribution in [3.8, 4) is 16.9 Å². The predicted octanol–water partition coefficient (Wildman–Crippen LogP) is 5.11. The van der Waals surface area contributed by atoms with Gasteiger partial charge in [-0.05, 0) is 61.7 Å². The minimum atomic E-state index is -0.717. The van der Waals surface area contributed by atoms with E-state index in [0.29, 0.717) is 27.4 Å². The Morgan fingerprint density at radius 3 is 2.21 bits per heavy atom. The lowest BCUT2D eigenvalue weighted by Gasteiger charge is -2.13. The number of nitrogens with one attached hydrogen (secondary N) is 1. The van der Waals surface area contributed by atoms with Crippen molar-refractivity contribution in [2.75, 3.05) is 0 Å². The van der Waals surface area contributed by atoms with Crippen LogP contribution in [0.1, 0.15) is 46.6 Å². The third-order valence-electron chi connectivity index (χ3n) is 5.30. The number of benzene rings is 2. The summed E-state index contributed by atoms with van der Waals surface area (Å²) in [6.07, 6.45) is -0.717. The molecule has 0 aliphatic heterocycles. The van der Waals surface area contributed by atoms with Gasteiger partial charge in [0.2, 0.25) is 0 Å². The molecule has 7 nitrogen and oxygen atoms in total. The molecule has 0 amide bonds. The molecular weight excluding hydrogens is 440 g/mol. The molecule has 0 radical (unpaired) electrons. The van der Waals surface area contributed by atoms with Gasteiger partial charge in [0.15, 0.2) is 11.9 Å². The first-order chi connectivity index (χ1) is 15.7. The first-order valence-corrected chi connectivity index (χ1v) is 11.1. The monoisotopic (exact) mass is 462 g/mol. The van der Waals surface area contributed by atoms with E-state index in [1.807, 2.05) is 38.1 Å². The van der Waals surface area contributed by atoms with Crippen LogP contribution in [0.4, 0.5) is 0 Å². The smallest absolute Gasteiger partial charge is 0.338 e. The highest BCUT2D eigenvalue weighted by molar-refractivity contribution is 7.18. The van der Waals surface area contributed by atoms with Gasteiger partial charge in [0.05, 0.1) is 10.9 Å². The molecule has 1 atom stereocenters. The Morgan fingerprint density at radius 2 is 1.61 bits per heavy atom. The largest absolute Gasteiger partial charge is 0.451 e. The molecule has 0 fully saturated rings. The molecule has 0 spiro atoms. The van der Waals surface area contributed by atoms with Crippen LogP contribution in [0.5, 0.6) is 5.75 Å². The third-order valence-corrected chi connectivity index (χ3v) is 6.40. The van der Waals surface area contributed by atoms with E-state index in [4.69, 9.17) is 9.47 Å². The van der Waals surface area contributed by atoms with Crippen LogP contribution in [0.3, 0.4) is 0 Å². The number of carbonyl (C=O) groups is 2. The lowest BCUT2D eigenvalue weighted by Crippen LogP contribution is -2.17. The van der Waals surface area contributed by atoms with Crippen LogP contribution >= 0.6 is 11.3 Å². The van der Waals surface area contributed by atoms with Crippen LogP contribution < -0.4 is 10.3 Å². The van der Waals surface area contributed by atoms with Gasteiger partial charge in [-0.15, -0.1) is 11.3 Å². The van der Waals surface area contributed by atoms with Gasteiger partial charge < -0.3 is 14.5 Å². The van der Waals surface area contributed by atoms with Crippen LogP contribution in [-0.2, 0) is 9.53 Å². The van der Waals surface area contributed by atoms with E-state index in [9.17, 15) is 14.4 Å². The fourth-order valence-corrected chi connectivity index (χ4v) is 4.47. The van der Waals surface area contributed by atoms with Crippen molar-refractivity contribution in [1.82, 2.24) is 9.97 Å². The second-order valence-electron chi connectivity index (χ2n) is 7.66. The van der Waals surface area contributed by atoms with Gasteiger partial charge in [-0.2, -0.15) is 0 Å². The number of carbonyl (C=O) groups excluding carboxylic acids is 2. The maximum atomic E-state index is 12.6. The number of aromatic nitrogens is 2. The van der Waals surface area contributed by atoms with E-state index < -0.39 is 12.1 Å². The van der Waals surface area contributed by atoms with E-state index in [1.54, 1.807) is 31.2 Å². The summed E-state index contributed by atoms with van der Waals surface area (Å²) in [6.45, 7) is 6.87. The van der Waals surface area contributed by atoms with E-state index >= 15 is 0 Å². The normalized spacial score (nSPS) is 11.9. The molecule has 168 valence electrons. The highest BCUT2D eigenvalue weighted by atomic mass is 32.1. The number of nitrogens with zero attached hydrogens (tertiary/aromatic N) is 1. The molecule has 0 saturated heterocycles. The summed E-state index contributed by atoms with van der Waals surface area (Å²) in [4.78, 5) is 45.1. The number of hydrogen-bond donors (Lipinski definition) is 1. The van der Waals surface area contributed by atoms with E-state index in [-0.39, 0.29) is 11.5 Å². The van der Waals surface area contributed by atoms with Crippen molar-refractivity contribution < 1.29 is 19.1 Å². The van der Waals surface area contributed by atoms with E-state index in [1.165, 1.54) is 18.3 Å².